The van der Waals surface area contributed by atoms with Crippen molar-refractivity contribution in [1.82, 2.24) is 4.90 Å². The fraction of sp³-hybridized carbons (Fsp3) is 0.429. The first-order valence-corrected chi connectivity index (χ1v) is 7.04. The van der Waals surface area contributed by atoms with Crippen molar-refractivity contribution in [2.75, 3.05) is 37.3 Å². The lowest BCUT2D eigenvalue weighted by atomic mass is 10.2. The van der Waals surface area contributed by atoms with Crippen LogP contribution < -0.4 is 11.1 Å². The molecule has 7 heteroatoms. The Morgan fingerprint density at radius 3 is 3.14 bits per heavy atom. The van der Waals surface area contributed by atoms with Gasteiger partial charge >= 0.3 is 0 Å². The van der Waals surface area contributed by atoms with E-state index in [2.05, 4.69) is 11.4 Å². The molecule has 1 aromatic carbocycles. The summed E-state index contributed by atoms with van der Waals surface area (Å²) in [5.41, 5.74) is 6.70. The normalized spacial score (nSPS) is 19.0. The number of nitriles is 1. The minimum Gasteiger partial charge on any atom is -0.399 e. The van der Waals surface area contributed by atoms with Gasteiger partial charge in [0, 0.05) is 31.7 Å². The van der Waals surface area contributed by atoms with Crippen LogP contribution in [0, 0.1) is 11.3 Å². The van der Waals surface area contributed by atoms with Crippen molar-refractivity contribution >= 4 is 28.9 Å². The molecular weight excluding hydrogens is 292 g/mol. The summed E-state index contributed by atoms with van der Waals surface area (Å²) in [6.45, 7) is 2.37. The van der Waals surface area contributed by atoms with Gasteiger partial charge in [-0.1, -0.05) is 11.6 Å². The van der Waals surface area contributed by atoms with Crippen molar-refractivity contribution in [3.8, 4) is 6.07 Å². The second-order valence-corrected chi connectivity index (χ2v) is 5.23. The van der Waals surface area contributed by atoms with E-state index in [1.165, 1.54) is 0 Å². The van der Waals surface area contributed by atoms with E-state index in [-0.39, 0.29) is 5.91 Å². The molecule has 1 amide bonds. The van der Waals surface area contributed by atoms with Crippen molar-refractivity contribution in [3.05, 3.63) is 23.2 Å². The van der Waals surface area contributed by atoms with Gasteiger partial charge in [0.15, 0.2) is 6.10 Å². The number of carbonyl (C=O) groups excluding carboxylic acids is 1. The van der Waals surface area contributed by atoms with Crippen LogP contribution in [0.4, 0.5) is 11.4 Å². The average Bonchev–Trinajstić information content (AvgIpc) is 2.48. The highest BCUT2D eigenvalue weighted by Crippen LogP contribution is 2.24. The van der Waals surface area contributed by atoms with Gasteiger partial charge in [0.1, 0.15) is 0 Å². The number of nitrogens with zero attached hydrogens (tertiary/aromatic N) is 2. The number of ether oxygens (including phenoxy) is 1. The fourth-order valence-corrected chi connectivity index (χ4v) is 2.33. The van der Waals surface area contributed by atoms with Crippen LogP contribution in [0.25, 0.3) is 0 Å². The Bertz CT molecular complexity index is 558. The molecule has 1 aliphatic rings. The summed E-state index contributed by atoms with van der Waals surface area (Å²) < 4.78 is 5.25. The summed E-state index contributed by atoms with van der Waals surface area (Å²) in [6.07, 6.45) is -0.0767. The largest absolute Gasteiger partial charge is 0.399 e. The van der Waals surface area contributed by atoms with Crippen molar-refractivity contribution in [3.63, 3.8) is 0 Å². The number of nitrogens with one attached hydrogen (secondary N) is 1. The number of hydrogen-bond acceptors (Lipinski definition) is 5. The number of amides is 1. The molecule has 0 radical (unpaired) electrons. The van der Waals surface area contributed by atoms with Gasteiger partial charge in [0.05, 0.1) is 23.4 Å². The van der Waals surface area contributed by atoms with Crippen LogP contribution in [-0.2, 0) is 9.53 Å². The van der Waals surface area contributed by atoms with Gasteiger partial charge < -0.3 is 15.8 Å². The maximum Gasteiger partial charge on any atom is 0.225 e. The first-order chi connectivity index (χ1) is 10.1. The SMILES string of the molecule is N#CC1CN(CCC(=O)Nc2ccc(N)cc2Cl)CCO1. The molecule has 1 heterocycles. The Morgan fingerprint density at radius 2 is 2.43 bits per heavy atom. The average molecular weight is 309 g/mol. The standard InChI is InChI=1S/C14H17ClN4O2/c15-12-7-10(17)1-2-13(12)18-14(20)3-4-19-5-6-21-11(8-16)9-19/h1-2,7,11H,3-6,9,17H2,(H,18,20). The molecule has 0 aliphatic carbocycles. The number of rotatable bonds is 4. The zero-order chi connectivity index (χ0) is 15.2. The van der Waals surface area contributed by atoms with Crippen molar-refractivity contribution in [2.45, 2.75) is 12.5 Å². The van der Waals surface area contributed by atoms with E-state index in [0.717, 1.165) is 6.54 Å². The number of halogens is 1. The van der Waals surface area contributed by atoms with E-state index in [1.807, 2.05) is 4.90 Å². The molecule has 0 aromatic heterocycles. The Hall–Kier alpha value is -1.81. The molecule has 3 N–H and O–H groups in total. The van der Waals surface area contributed by atoms with Gasteiger partial charge in [-0.2, -0.15) is 5.26 Å². The lowest BCUT2D eigenvalue weighted by molar-refractivity contribution is -0.116. The first kappa shape index (κ1) is 15.6. The molecule has 2 rings (SSSR count). The van der Waals surface area contributed by atoms with Gasteiger partial charge in [0.25, 0.3) is 0 Å². The smallest absolute Gasteiger partial charge is 0.225 e. The summed E-state index contributed by atoms with van der Waals surface area (Å²) in [4.78, 5) is 14.0. The number of carbonyl (C=O) groups is 1. The molecule has 0 bridgehead atoms. The highest BCUT2D eigenvalue weighted by molar-refractivity contribution is 6.34. The van der Waals surface area contributed by atoms with E-state index >= 15 is 0 Å². The Balaban J connectivity index is 1.81. The molecule has 1 saturated heterocycles. The lowest BCUT2D eigenvalue weighted by Gasteiger charge is -2.29. The first-order valence-electron chi connectivity index (χ1n) is 6.67. The van der Waals surface area contributed by atoms with Gasteiger partial charge in [-0.3, -0.25) is 9.69 Å². The Morgan fingerprint density at radius 1 is 1.62 bits per heavy atom. The summed E-state index contributed by atoms with van der Waals surface area (Å²) >= 11 is 6.00. The second kappa shape index (κ2) is 7.27. The fourth-order valence-electron chi connectivity index (χ4n) is 2.09. The Kier molecular flexibility index (Phi) is 5.39. The Labute approximate surface area is 128 Å². The van der Waals surface area contributed by atoms with Gasteiger partial charge in [-0.15, -0.1) is 0 Å². The van der Waals surface area contributed by atoms with E-state index in [0.29, 0.717) is 42.5 Å². The number of benzene rings is 1. The van der Waals surface area contributed by atoms with Crippen LogP contribution in [0.3, 0.4) is 0 Å². The summed E-state index contributed by atoms with van der Waals surface area (Å²) in [7, 11) is 0. The predicted octanol–water partition coefficient (Wildman–Crippen LogP) is 1.48. The number of morpholine rings is 1. The predicted molar refractivity (Wildman–Crippen MR) is 80.9 cm³/mol. The number of nitrogens with two attached hydrogens (primary N) is 1. The van der Waals surface area contributed by atoms with Crippen molar-refractivity contribution in [1.29, 1.82) is 5.26 Å². The molecule has 1 atom stereocenters. The van der Waals surface area contributed by atoms with E-state index in [1.54, 1.807) is 18.2 Å². The van der Waals surface area contributed by atoms with Crippen LogP contribution in [0.2, 0.25) is 5.02 Å². The van der Waals surface area contributed by atoms with E-state index in [9.17, 15) is 4.79 Å². The molecule has 1 aromatic rings. The summed E-state index contributed by atoms with van der Waals surface area (Å²) in [5, 5.41) is 12.0. The van der Waals surface area contributed by atoms with Crippen LogP contribution in [0.1, 0.15) is 6.42 Å². The third-order valence-electron chi connectivity index (χ3n) is 3.22. The monoisotopic (exact) mass is 308 g/mol. The quantitative estimate of drug-likeness (QED) is 0.822. The minimum absolute atomic E-state index is 0.123. The van der Waals surface area contributed by atoms with Crippen LogP contribution in [0.15, 0.2) is 18.2 Å². The maximum absolute atomic E-state index is 11.9. The molecular formula is C14H17ClN4O2. The number of hydrogen-bond donors (Lipinski definition) is 2. The lowest BCUT2D eigenvalue weighted by Crippen LogP contribution is -2.42. The van der Waals surface area contributed by atoms with Gasteiger partial charge in [-0.05, 0) is 18.2 Å². The number of nitrogen functional groups attached to an aromatic ring is 1. The minimum atomic E-state index is -0.409. The zero-order valence-electron chi connectivity index (χ0n) is 11.5. The van der Waals surface area contributed by atoms with Crippen molar-refractivity contribution < 1.29 is 9.53 Å². The molecule has 1 unspecified atom stereocenters. The summed E-state index contributed by atoms with van der Waals surface area (Å²) in [6, 6.07) is 7.03. The molecule has 1 aliphatic heterocycles. The van der Waals surface area contributed by atoms with Crippen LogP contribution in [0.5, 0.6) is 0 Å². The van der Waals surface area contributed by atoms with Crippen molar-refractivity contribution in [2.24, 2.45) is 0 Å². The third-order valence-corrected chi connectivity index (χ3v) is 3.53. The van der Waals surface area contributed by atoms with Crippen LogP contribution >= 0.6 is 11.6 Å². The molecule has 21 heavy (non-hydrogen) atoms. The van der Waals surface area contributed by atoms with Crippen LogP contribution in [-0.4, -0.2) is 43.2 Å². The molecule has 0 spiro atoms. The molecule has 1 fully saturated rings. The van der Waals surface area contributed by atoms with E-state index < -0.39 is 6.10 Å². The highest BCUT2D eigenvalue weighted by Gasteiger charge is 2.20. The zero-order valence-corrected chi connectivity index (χ0v) is 12.3. The van der Waals surface area contributed by atoms with Gasteiger partial charge in [0.2, 0.25) is 5.91 Å². The van der Waals surface area contributed by atoms with E-state index in [4.69, 9.17) is 27.3 Å². The third kappa shape index (κ3) is 4.60. The molecule has 6 nitrogen and oxygen atoms in total. The molecule has 0 saturated carbocycles. The maximum atomic E-state index is 11.9. The molecule has 112 valence electrons. The number of anilines is 2. The summed E-state index contributed by atoms with van der Waals surface area (Å²) in [5.74, 6) is -0.123. The van der Waals surface area contributed by atoms with Gasteiger partial charge in [-0.25, -0.2) is 0 Å². The topological polar surface area (TPSA) is 91.4 Å². The highest BCUT2D eigenvalue weighted by atomic mass is 35.5. The second-order valence-electron chi connectivity index (χ2n) is 4.83.